The molecule has 0 aliphatic carbocycles. The van der Waals surface area contributed by atoms with Crippen LogP contribution in [0.25, 0.3) is 0 Å². The Morgan fingerprint density at radius 3 is 2.79 bits per heavy atom. The van der Waals surface area contributed by atoms with Gasteiger partial charge in [0.1, 0.15) is 5.71 Å². The van der Waals surface area contributed by atoms with Gasteiger partial charge in [0.15, 0.2) is 0 Å². The number of carbonyl (C=O) groups is 3. The minimum absolute atomic E-state index is 0.000287. The Hall–Kier alpha value is -2.70. The summed E-state index contributed by atoms with van der Waals surface area (Å²) in [6.45, 7) is 4.26. The first-order valence-corrected chi connectivity index (χ1v) is 7.96. The van der Waals surface area contributed by atoms with Crippen molar-refractivity contribution < 1.29 is 14.4 Å². The molecule has 3 rings (SSSR count). The van der Waals surface area contributed by atoms with Crippen LogP contribution in [-0.2, 0) is 26.2 Å². The zero-order valence-electron chi connectivity index (χ0n) is 13.7. The van der Waals surface area contributed by atoms with Gasteiger partial charge in [0.2, 0.25) is 11.8 Å². The fraction of sp³-hybridized carbons (Fsp3) is 0.412. The molecular weight excluding hydrogens is 308 g/mol. The van der Waals surface area contributed by atoms with Crippen molar-refractivity contribution in [2.75, 3.05) is 11.9 Å². The number of benzene rings is 1. The lowest BCUT2D eigenvalue weighted by Crippen LogP contribution is -2.37. The Balaban J connectivity index is 1.59. The third-order valence-electron chi connectivity index (χ3n) is 4.44. The number of hydrogen-bond acceptors (Lipinski definition) is 4. The first kappa shape index (κ1) is 16.2. The monoisotopic (exact) mass is 328 g/mol. The predicted octanol–water partition coefficient (Wildman–Crippen LogP) is 0.841. The Morgan fingerprint density at radius 2 is 2.08 bits per heavy atom. The van der Waals surface area contributed by atoms with E-state index in [0.29, 0.717) is 25.1 Å². The highest BCUT2D eigenvalue weighted by Crippen LogP contribution is 2.37. The number of anilines is 1. The lowest BCUT2D eigenvalue weighted by Gasteiger charge is -2.16. The number of fused-ring (bicyclic) bond motifs is 1. The first-order valence-electron chi connectivity index (χ1n) is 7.96. The number of nitrogens with one attached hydrogen (secondary N) is 3. The average molecular weight is 328 g/mol. The van der Waals surface area contributed by atoms with E-state index in [0.717, 1.165) is 16.8 Å². The van der Waals surface area contributed by atoms with Crippen LogP contribution >= 0.6 is 0 Å². The lowest BCUT2D eigenvalue weighted by atomic mass is 9.85. The Kier molecular flexibility index (Phi) is 4.09. The fourth-order valence-corrected chi connectivity index (χ4v) is 2.83. The van der Waals surface area contributed by atoms with E-state index in [4.69, 9.17) is 0 Å². The third-order valence-corrected chi connectivity index (χ3v) is 4.44. The molecule has 24 heavy (non-hydrogen) atoms. The summed E-state index contributed by atoms with van der Waals surface area (Å²) in [6, 6.07) is 5.86. The van der Waals surface area contributed by atoms with Crippen molar-refractivity contribution in [2.45, 2.75) is 38.5 Å². The summed E-state index contributed by atoms with van der Waals surface area (Å²) in [7, 11) is 0. The summed E-state index contributed by atoms with van der Waals surface area (Å²) in [5.41, 5.74) is 5.01. The summed E-state index contributed by atoms with van der Waals surface area (Å²) in [6.07, 6.45) is 1.30. The first-order chi connectivity index (χ1) is 11.4. The molecule has 2 aliphatic rings. The summed E-state index contributed by atoms with van der Waals surface area (Å²) >= 11 is 0. The van der Waals surface area contributed by atoms with Crippen LogP contribution in [0.1, 0.15) is 37.8 Å². The highest BCUT2D eigenvalue weighted by atomic mass is 16.2. The van der Waals surface area contributed by atoms with Crippen LogP contribution in [0.3, 0.4) is 0 Å². The van der Waals surface area contributed by atoms with Crippen molar-refractivity contribution in [2.24, 2.45) is 5.10 Å². The minimum atomic E-state index is -0.538. The molecule has 0 saturated carbocycles. The van der Waals surface area contributed by atoms with Crippen molar-refractivity contribution in [3.8, 4) is 0 Å². The SMILES string of the molecule is CC1(C)C(=O)Nc2ccc(CCNC(=O)C3=NNC(=O)CC3)cc21. The molecule has 0 atom stereocenters. The molecule has 0 fully saturated rings. The van der Waals surface area contributed by atoms with E-state index >= 15 is 0 Å². The molecular formula is C17H20N4O3. The molecule has 0 bridgehead atoms. The lowest BCUT2D eigenvalue weighted by molar-refractivity contribution is -0.121. The quantitative estimate of drug-likeness (QED) is 0.763. The zero-order chi connectivity index (χ0) is 17.3. The Morgan fingerprint density at radius 1 is 1.29 bits per heavy atom. The van der Waals surface area contributed by atoms with Crippen LogP contribution in [-0.4, -0.2) is 30.0 Å². The van der Waals surface area contributed by atoms with Crippen molar-refractivity contribution in [1.82, 2.24) is 10.7 Å². The summed E-state index contributed by atoms with van der Waals surface area (Å²) < 4.78 is 0. The van der Waals surface area contributed by atoms with Gasteiger partial charge in [-0.15, -0.1) is 0 Å². The molecule has 7 nitrogen and oxygen atoms in total. The fourth-order valence-electron chi connectivity index (χ4n) is 2.83. The van der Waals surface area contributed by atoms with Gasteiger partial charge in [-0.05, 0) is 37.5 Å². The predicted molar refractivity (Wildman–Crippen MR) is 89.6 cm³/mol. The standard InChI is InChI=1S/C17H20N4O3/c1-17(2)11-9-10(3-4-12(11)19-16(17)24)7-8-18-15(23)13-5-6-14(22)21-20-13/h3-4,9H,5-8H2,1-2H3,(H,18,23)(H,19,24)(H,21,22). The van der Waals surface area contributed by atoms with Gasteiger partial charge in [0.25, 0.3) is 5.91 Å². The maximum atomic E-state index is 12.0. The Bertz CT molecular complexity index is 752. The molecule has 2 aliphatic heterocycles. The molecule has 126 valence electrons. The van der Waals surface area contributed by atoms with Crippen LogP contribution in [0.15, 0.2) is 23.3 Å². The Labute approximate surface area is 139 Å². The van der Waals surface area contributed by atoms with Gasteiger partial charge in [-0.2, -0.15) is 5.10 Å². The smallest absolute Gasteiger partial charge is 0.267 e. The molecule has 2 heterocycles. The van der Waals surface area contributed by atoms with E-state index in [-0.39, 0.29) is 24.1 Å². The third kappa shape index (κ3) is 3.02. The van der Waals surface area contributed by atoms with E-state index in [2.05, 4.69) is 21.2 Å². The highest BCUT2D eigenvalue weighted by Gasteiger charge is 2.38. The van der Waals surface area contributed by atoms with Gasteiger partial charge in [-0.1, -0.05) is 12.1 Å². The molecule has 7 heteroatoms. The van der Waals surface area contributed by atoms with E-state index < -0.39 is 5.41 Å². The molecule has 0 spiro atoms. The van der Waals surface area contributed by atoms with Crippen molar-refractivity contribution in [3.63, 3.8) is 0 Å². The van der Waals surface area contributed by atoms with Gasteiger partial charge in [0, 0.05) is 25.1 Å². The van der Waals surface area contributed by atoms with Crippen molar-refractivity contribution in [3.05, 3.63) is 29.3 Å². The largest absolute Gasteiger partial charge is 0.351 e. The maximum Gasteiger partial charge on any atom is 0.267 e. The number of nitrogens with zero attached hydrogens (tertiary/aromatic N) is 1. The highest BCUT2D eigenvalue weighted by molar-refractivity contribution is 6.39. The van der Waals surface area contributed by atoms with Crippen LogP contribution in [0, 0.1) is 0 Å². The number of rotatable bonds is 4. The second-order valence-electron chi connectivity index (χ2n) is 6.56. The molecule has 0 saturated heterocycles. The average Bonchev–Trinajstić information content (AvgIpc) is 2.78. The molecule has 3 amide bonds. The second-order valence-corrected chi connectivity index (χ2v) is 6.56. The van der Waals surface area contributed by atoms with Crippen LogP contribution in [0.4, 0.5) is 5.69 Å². The van der Waals surface area contributed by atoms with Gasteiger partial charge in [-0.3, -0.25) is 14.4 Å². The maximum absolute atomic E-state index is 12.0. The number of hydrogen-bond donors (Lipinski definition) is 3. The molecule has 0 unspecified atom stereocenters. The minimum Gasteiger partial charge on any atom is -0.351 e. The molecule has 3 N–H and O–H groups in total. The molecule has 0 aromatic heterocycles. The van der Waals surface area contributed by atoms with Gasteiger partial charge < -0.3 is 10.6 Å². The van der Waals surface area contributed by atoms with E-state index in [9.17, 15) is 14.4 Å². The summed E-state index contributed by atoms with van der Waals surface area (Å²) in [5, 5.41) is 9.46. The normalized spacial score (nSPS) is 18.3. The molecule has 0 radical (unpaired) electrons. The summed E-state index contributed by atoms with van der Waals surface area (Å²) in [4.78, 5) is 35.0. The van der Waals surface area contributed by atoms with E-state index in [1.807, 2.05) is 32.0 Å². The van der Waals surface area contributed by atoms with E-state index in [1.165, 1.54) is 0 Å². The van der Waals surface area contributed by atoms with Gasteiger partial charge >= 0.3 is 0 Å². The molecule has 1 aromatic rings. The van der Waals surface area contributed by atoms with Crippen molar-refractivity contribution >= 4 is 29.1 Å². The van der Waals surface area contributed by atoms with Crippen LogP contribution in [0.2, 0.25) is 0 Å². The number of amides is 3. The topological polar surface area (TPSA) is 99.7 Å². The summed E-state index contributed by atoms with van der Waals surface area (Å²) in [5.74, 6) is -0.427. The zero-order valence-corrected chi connectivity index (χ0v) is 13.7. The van der Waals surface area contributed by atoms with Gasteiger partial charge in [0.05, 0.1) is 5.41 Å². The van der Waals surface area contributed by atoms with Crippen LogP contribution < -0.4 is 16.1 Å². The number of carbonyl (C=O) groups excluding carboxylic acids is 3. The van der Waals surface area contributed by atoms with Gasteiger partial charge in [-0.25, -0.2) is 5.43 Å². The van der Waals surface area contributed by atoms with Crippen LogP contribution in [0.5, 0.6) is 0 Å². The second kappa shape index (κ2) is 6.07. The number of hydrazone groups is 1. The molecule has 1 aromatic carbocycles. The van der Waals surface area contributed by atoms with Crippen molar-refractivity contribution in [1.29, 1.82) is 0 Å². The van der Waals surface area contributed by atoms with E-state index in [1.54, 1.807) is 0 Å².